The van der Waals surface area contributed by atoms with Crippen LogP contribution in [0.25, 0.3) is 0 Å². The second-order valence-corrected chi connectivity index (χ2v) is 21.5. The van der Waals surface area contributed by atoms with Gasteiger partial charge in [0.05, 0.1) is 29.4 Å². The van der Waals surface area contributed by atoms with E-state index in [4.69, 9.17) is 0 Å². The number of Topliss-reactive ketones (excluding diaryl/α,β-unsaturated/α-hetero) is 2. The van der Waals surface area contributed by atoms with Crippen molar-refractivity contribution in [3.8, 4) is 0 Å². The summed E-state index contributed by atoms with van der Waals surface area (Å²) in [7, 11) is -2.71. The molecule has 1 aliphatic heterocycles. The zero-order chi connectivity index (χ0) is 43.5. The summed E-state index contributed by atoms with van der Waals surface area (Å²) in [6, 6.07) is 4.59. The summed E-state index contributed by atoms with van der Waals surface area (Å²) in [6.07, 6.45) is 13.8. The molecule has 3 amide bonds. The maximum absolute atomic E-state index is 15.3. The van der Waals surface area contributed by atoms with Crippen molar-refractivity contribution in [2.45, 2.75) is 129 Å². The first-order valence-electron chi connectivity index (χ1n) is 21.7. The Balaban J connectivity index is 1.17. The predicted molar refractivity (Wildman–Crippen MR) is 227 cm³/mol. The molecule has 0 unspecified atom stereocenters. The van der Waals surface area contributed by atoms with E-state index in [0.29, 0.717) is 18.7 Å². The Hall–Kier alpha value is -4.46. The molecule has 324 valence electrons. The maximum atomic E-state index is 15.3. The number of aromatic nitrogens is 2. The molecule has 6 atom stereocenters. The summed E-state index contributed by atoms with van der Waals surface area (Å²) in [6.45, 7) is 14.5. The van der Waals surface area contributed by atoms with Crippen LogP contribution < -0.4 is 15.4 Å². The summed E-state index contributed by atoms with van der Waals surface area (Å²) in [4.78, 5) is 82.2. The van der Waals surface area contributed by atoms with Gasteiger partial charge >= 0.3 is 0 Å². The van der Waals surface area contributed by atoms with Gasteiger partial charge in [-0.3, -0.25) is 29.0 Å². The third kappa shape index (κ3) is 7.27. The van der Waals surface area contributed by atoms with Gasteiger partial charge in [0.2, 0.25) is 11.8 Å². The zero-order valence-electron chi connectivity index (χ0n) is 36.0. The van der Waals surface area contributed by atoms with Crippen LogP contribution in [0.15, 0.2) is 60.4 Å². The number of hydrogen-bond donors (Lipinski definition) is 3. The Morgan fingerprint density at radius 1 is 0.983 bits per heavy atom. The Morgan fingerprint density at radius 2 is 1.68 bits per heavy atom. The minimum atomic E-state index is -4.31. The molecule has 5 aliphatic rings. The van der Waals surface area contributed by atoms with Gasteiger partial charge in [-0.1, -0.05) is 78.5 Å². The lowest BCUT2D eigenvalue weighted by Crippen LogP contribution is -2.51. The number of ketones is 2. The number of nitrogens with one attached hydrogen (secondary N) is 3. The molecule has 0 radical (unpaired) electrons. The Bertz CT molecular complexity index is 2160. The van der Waals surface area contributed by atoms with Crippen molar-refractivity contribution >= 4 is 45.0 Å². The summed E-state index contributed by atoms with van der Waals surface area (Å²) in [5, 5.41) is 5.83. The number of likely N-dealkylation sites (tertiary alicyclic amines) is 1. The summed E-state index contributed by atoms with van der Waals surface area (Å²) in [5.41, 5.74) is -2.06. The highest BCUT2D eigenvalue weighted by Gasteiger charge is 2.85. The van der Waals surface area contributed by atoms with E-state index in [9.17, 15) is 27.6 Å². The molecule has 2 spiro atoms. The second kappa shape index (κ2) is 15.8. The van der Waals surface area contributed by atoms with Crippen molar-refractivity contribution < 1.29 is 32.4 Å². The molecule has 2 heterocycles. The van der Waals surface area contributed by atoms with E-state index >= 15 is 4.79 Å². The van der Waals surface area contributed by atoms with Gasteiger partial charge in [0.1, 0.15) is 10.6 Å². The van der Waals surface area contributed by atoms with E-state index in [-0.39, 0.29) is 69.5 Å². The van der Waals surface area contributed by atoms with Crippen LogP contribution in [0.2, 0.25) is 0 Å². The van der Waals surface area contributed by atoms with Crippen LogP contribution in [0.1, 0.15) is 122 Å². The van der Waals surface area contributed by atoms with E-state index < -0.39 is 56.6 Å². The van der Waals surface area contributed by atoms with Crippen molar-refractivity contribution in [3.05, 3.63) is 61.2 Å². The molecule has 3 N–H and O–H groups in total. The summed E-state index contributed by atoms with van der Waals surface area (Å²) < 4.78 is 29.5. The molecule has 5 fully saturated rings. The molecule has 60 heavy (non-hydrogen) atoms. The fourth-order valence-corrected chi connectivity index (χ4v) is 13.0. The highest BCUT2D eigenvalue weighted by atomic mass is 32.2. The average molecular weight is 843 g/mol. The van der Waals surface area contributed by atoms with Gasteiger partial charge in [-0.15, -0.1) is 6.58 Å². The molecule has 1 saturated heterocycles. The van der Waals surface area contributed by atoms with Crippen LogP contribution in [0.4, 0.5) is 5.69 Å². The number of fused-ring (bicyclic) bond motifs is 1. The number of anilines is 1. The van der Waals surface area contributed by atoms with Crippen LogP contribution in [0.5, 0.6) is 0 Å². The first-order valence-corrected chi connectivity index (χ1v) is 23.2. The minimum Gasteiger partial charge on any atom is -0.387 e. The highest BCUT2D eigenvalue weighted by molar-refractivity contribution is 7.90. The van der Waals surface area contributed by atoms with Gasteiger partial charge in [-0.05, 0) is 78.7 Å². The standard InChI is InChI=1S/C46H62N6O7S/c1-8-30-24-44(30,41(57)51-60(58,59)37-18-13-12-17-32(37)47-7)26-36(54)34-25-46(43(5,6)45(46)19-14-20-45)28-52(34)40(56)31(42(2,3)4)23-35(53)38(29-15-10-9-11-16-29)50-39(55)33-27-48-21-22-49-33/h8,12-13,17-18,21-22,27,29-31,34,38,47H,1,9-11,14-16,19-20,23-26,28H2,2-7H3,(H,50,55)(H,51,57)/t30-,31-,34+,38+,44-,46-/m1/s1. The maximum Gasteiger partial charge on any atom is 0.272 e. The van der Waals surface area contributed by atoms with Crippen molar-refractivity contribution in [1.82, 2.24) is 24.9 Å². The Morgan fingerprint density at radius 3 is 2.25 bits per heavy atom. The third-order valence-corrected chi connectivity index (χ3v) is 17.2. The number of hydrogen-bond acceptors (Lipinski definition) is 10. The lowest BCUT2D eigenvalue weighted by Gasteiger charge is -2.37. The number of rotatable bonds is 15. The quantitative estimate of drug-likeness (QED) is 0.173. The van der Waals surface area contributed by atoms with Crippen LogP contribution in [0.3, 0.4) is 0 Å². The van der Waals surface area contributed by atoms with Crippen molar-refractivity contribution in [2.24, 2.45) is 44.8 Å². The lowest BCUT2D eigenvalue weighted by atomic mass is 9.73. The Labute approximate surface area is 354 Å². The fraction of sp³-hybridized carbons (Fsp3) is 0.630. The largest absolute Gasteiger partial charge is 0.387 e. The number of amides is 3. The van der Waals surface area contributed by atoms with E-state index in [1.807, 2.05) is 20.8 Å². The first kappa shape index (κ1) is 43.6. The van der Waals surface area contributed by atoms with Gasteiger partial charge in [0.25, 0.3) is 15.9 Å². The average Bonchev–Trinajstić information content (AvgIpc) is 3.93. The van der Waals surface area contributed by atoms with E-state index in [1.165, 1.54) is 24.7 Å². The van der Waals surface area contributed by atoms with Crippen molar-refractivity contribution in [2.75, 3.05) is 18.9 Å². The molecule has 7 rings (SSSR count). The van der Waals surface area contributed by atoms with Crippen molar-refractivity contribution in [1.29, 1.82) is 0 Å². The molecular weight excluding hydrogens is 781 g/mol. The van der Waals surface area contributed by atoms with Gasteiger partial charge in [0.15, 0.2) is 11.6 Å². The van der Waals surface area contributed by atoms with Gasteiger partial charge in [-0.2, -0.15) is 0 Å². The number of sulfonamides is 1. The number of carbonyl (C=O) groups excluding carboxylic acids is 5. The minimum absolute atomic E-state index is 0.00955. The molecule has 0 bridgehead atoms. The predicted octanol–water partition coefficient (Wildman–Crippen LogP) is 6.27. The zero-order valence-corrected chi connectivity index (χ0v) is 36.8. The molecule has 1 aromatic carbocycles. The number of carbonyl (C=O) groups is 5. The van der Waals surface area contributed by atoms with Crippen LogP contribution >= 0.6 is 0 Å². The smallest absolute Gasteiger partial charge is 0.272 e. The molecule has 2 aromatic rings. The normalized spacial score (nSPS) is 27.6. The van der Waals surface area contributed by atoms with E-state index in [2.05, 4.69) is 45.8 Å². The summed E-state index contributed by atoms with van der Waals surface area (Å²) in [5.74, 6) is -3.40. The first-order chi connectivity index (χ1) is 28.3. The van der Waals surface area contributed by atoms with E-state index in [1.54, 1.807) is 36.2 Å². The highest BCUT2D eigenvalue weighted by Crippen LogP contribution is 2.88. The van der Waals surface area contributed by atoms with Crippen LogP contribution in [-0.4, -0.2) is 78.2 Å². The fourth-order valence-electron chi connectivity index (χ4n) is 11.8. The molecule has 13 nitrogen and oxygen atoms in total. The number of nitrogens with zero attached hydrogens (tertiary/aromatic N) is 3. The van der Waals surface area contributed by atoms with Crippen LogP contribution in [-0.2, 0) is 29.2 Å². The SMILES string of the molecule is C=C[C@@H]1C[C@]1(CC(=O)[C@@H]1C[C@@]2(CN1C(=O)[C@@H](CC(=O)[C@@H](NC(=O)c1cnccn1)C1CCCCC1)C(C)(C)C)C(C)(C)C21CCC1)C(=O)NS(=O)(=O)c1ccccc1NC. The van der Waals surface area contributed by atoms with Gasteiger partial charge in [0, 0.05) is 50.2 Å². The third-order valence-electron chi connectivity index (χ3n) is 15.8. The lowest BCUT2D eigenvalue weighted by molar-refractivity contribution is -0.146. The van der Waals surface area contributed by atoms with Gasteiger partial charge in [-0.25, -0.2) is 18.1 Å². The molecular formula is C46H62N6O7S. The summed E-state index contributed by atoms with van der Waals surface area (Å²) >= 11 is 0. The molecule has 4 aliphatic carbocycles. The number of allylic oxidation sites excluding steroid dienone is 1. The monoisotopic (exact) mass is 842 g/mol. The Kier molecular flexibility index (Phi) is 11.5. The number of para-hydroxylation sites is 1. The molecule has 1 aromatic heterocycles. The van der Waals surface area contributed by atoms with Gasteiger partial charge < -0.3 is 15.5 Å². The molecule has 14 heteroatoms. The van der Waals surface area contributed by atoms with Crippen LogP contribution in [0, 0.1) is 44.8 Å². The topological polar surface area (TPSA) is 185 Å². The second-order valence-electron chi connectivity index (χ2n) is 19.9. The molecule has 4 saturated carbocycles. The van der Waals surface area contributed by atoms with Crippen molar-refractivity contribution in [3.63, 3.8) is 0 Å². The van der Waals surface area contributed by atoms with E-state index in [0.717, 1.165) is 51.4 Å². The number of benzene rings is 1.